The predicted octanol–water partition coefficient (Wildman–Crippen LogP) is 0.0987. The van der Waals surface area contributed by atoms with Crippen LogP contribution >= 0.6 is 11.3 Å². The van der Waals surface area contributed by atoms with E-state index in [-0.39, 0.29) is 17.3 Å². The van der Waals surface area contributed by atoms with Crippen LogP contribution in [0.5, 0.6) is 0 Å². The van der Waals surface area contributed by atoms with Crippen molar-refractivity contribution in [1.82, 2.24) is 19.4 Å². The van der Waals surface area contributed by atoms with Crippen LogP contribution in [0.2, 0.25) is 0 Å². The molecule has 0 saturated carbocycles. The first kappa shape index (κ1) is 21.7. The van der Waals surface area contributed by atoms with E-state index in [0.717, 1.165) is 0 Å². The number of aliphatic imine (C=N–C) groups is 1. The molecule has 0 unspecified atom stereocenters. The van der Waals surface area contributed by atoms with E-state index < -0.39 is 5.34 Å². The Morgan fingerprint density at radius 2 is 2.03 bits per heavy atom. The minimum Gasteiger partial charge on any atom is -0.383 e. The van der Waals surface area contributed by atoms with Crippen molar-refractivity contribution in [3.8, 4) is 0 Å². The number of nitrogens with one attached hydrogen (secondary N) is 1. The number of fused-ring (bicyclic) bond motifs is 1. The highest BCUT2D eigenvalue weighted by molar-refractivity contribution is 7.19. The molecule has 4 radical (unpaired) electrons. The second kappa shape index (κ2) is 8.02. The van der Waals surface area contributed by atoms with E-state index in [9.17, 15) is 9.59 Å². The van der Waals surface area contributed by atoms with Gasteiger partial charge in [0.2, 0.25) is 0 Å². The Kier molecular flexibility index (Phi) is 6.01. The molecule has 29 heavy (non-hydrogen) atoms. The lowest BCUT2D eigenvalue weighted by molar-refractivity contribution is 0.186. The van der Waals surface area contributed by atoms with Crippen molar-refractivity contribution in [1.29, 1.82) is 0 Å². The molecular formula is C18H25B2N5O3S. The number of rotatable bonds is 6. The number of hydrogen-bond acceptors (Lipinski definition) is 5. The van der Waals surface area contributed by atoms with Crippen LogP contribution in [-0.2, 0) is 16.6 Å². The molecule has 2 aromatic rings. The van der Waals surface area contributed by atoms with E-state index in [4.69, 9.17) is 20.4 Å². The molecule has 0 bridgehead atoms. The first-order chi connectivity index (χ1) is 13.7. The molecule has 2 aromatic heterocycles. The molecule has 0 spiro atoms. The Bertz CT molecular complexity index is 1070. The van der Waals surface area contributed by atoms with Crippen molar-refractivity contribution < 1.29 is 4.74 Å². The molecule has 8 nitrogen and oxygen atoms in total. The van der Waals surface area contributed by atoms with Gasteiger partial charge < -0.3 is 15.0 Å². The number of aryl methyl sites for hydroxylation is 1. The predicted molar refractivity (Wildman–Crippen MR) is 119 cm³/mol. The first-order valence-corrected chi connectivity index (χ1v) is 10.3. The number of guanidine groups is 1. The summed E-state index contributed by atoms with van der Waals surface area (Å²) in [6.07, 6.45) is 0. The second-order valence-corrected chi connectivity index (χ2v) is 8.38. The van der Waals surface area contributed by atoms with E-state index in [2.05, 4.69) is 10.3 Å². The number of aromatic nitrogens is 2. The molecule has 3 heterocycles. The smallest absolute Gasteiger partial charge is 0.332 e. The van der Waals surface area contributed by atoms with Crippen molar-refractivity contribution in [3.05, 3.63) is 31.3 Å². The monoisotopic (exact) mass is 413 g/mol. The Morgan fingerprint density at radius 3 is 2.62 bits per heavy atom. The second-order valence-electron chi connectivity index (χ2n) is 7.38. The van der Waals surface area contributed by atoms with Crippen LogP contribution in [0.1, 0.15) is 30.3 Å². The number of nitrogens with zero attached hydrogens (tertiary/aromatic N) is 4. The Morgan fingerprint density at radius 1 is 1.34 bits per heavy atom. The van der Waals surface area contributed by atoms with Gasteiger partial charge in [0, 0.05) is 38.2 Å². The summed E-state index contributed by atoms with van der Waals surface area (Å²) in [6.45, 7) is 7.38. The average molecular weight is 413 g/mol. The van der Waals surface area contributed by atoms with Crippen LogP contribution in [0.15, 0.2) is 14.6 Å². The molecule has 0 aliphatic carbocycles. The zero-order chi connectivity index (χ0) is 21.5. The molecule has 0 aromatic carbocycles. The van der Waals surface area contributed by atoms with E-state index in [1.807, 2.05) is 20.8 Å². The minimum absolute atomic E-state index is 0.280. The number of methoxy groups -OCH3 is 1. The fourth-order valence-electron chi connectivity index (χ4n) is 3.75. The topological polar surface area (TPSA) is 80.9 Å². The molecule has 1 N–H and O–H groups in total. The van der Waals surface area contributed by atoms with Gasteiger partial charge in [-0.1, -0.05) is 0 Å². The fraction of sp³-hybridized carbons (Fsp3) is 0.611. The molecular weight excluding hydrogens is 388 g/mol. The molecule has 1 fully saturated rings. The molecule has 0 amide bonds. The molecule has 3 rings (SSSR count). The summed E-state index contributed by atoms with van der Waals surface area (Å²) in [6, 6.07) is -0.280. The van der Waals surface area contributed by atoms with Crippen LogP contribution < -0.4 is 16.6 Å². The lowest BCUT2D eigenvalue weighted by Gasteiger charge is -2.37. The highest BCUT2D eigenvalue weighted by atomic mass is 32.1. The van der Waals surface area contributed by atoms with E-state index in [1.165, 1.54) is 15.9 Å². The zero-order valence-corrected chi connectivity index (χ0v) is 18.3. The van der Waals surface area contributed by atoms with Gasteiger partial charge in [0.1, 0.15) is 4.83 Å². The number of ether oxygens (including phenoxy) is 1. The van der Waals surface area contributed by atoms with Crippen molar-refractivity contribution >= 4 is 43.2 Å². The van der Waals surface area contributed by atoms with Gasteiger partial charge >= 0.3 is 5.69 Å². The van der Waals surface area contributed by atoms with Gasteiger partial charge in [0.05, 0.1) is 34.2 Å². The standard InChI is InChI=1S/C18H25B2N5O3S/c1-10(2)25-14(26)12-11(3)13(18(19,20)24-7-6-22-16(24)21-4)29-15(12)23(17(25)27)8-9-28-5/h10H,6-9H2,1-5H3,(H,21,22). The van der Waals surface area contributed by atoms with Crippen molar-refractivity contribution in [2.45, 2.75) is 38.7 Å². The highest BCUT2D eigenvalue weighted by Gasteiger charge is 2.36. The fourth-order valence-corrected chi connectivity index (χ4v) is 5.09. The number of thiophene rings is 1. The summed E-state index contributed by atoms with van der Waals surface area (Å²) in [7, 11) is 16.4. The third-order valence-electron chi connectivity index (χ3n) is 5.17. The zero-order valence-electron chi connectivity index (χ0n) is 17.5. The Hall–Kier alpha value is -2.00. The minimum atomic E-state index is -1.37. The van der Waals surface area contributed by atoms with Crippen molar-refractivity contribution in [2.75, 3.05) is 33.9 Å². The van der Waals surface area contributed by atoms with Gasteiger partial charge in [-0.3, -0.25) is 18.9 Å². The normalized spacial score (nSPS) is 16.3. The third kappa shape index (κ3) is 3.44. The van der Waals surface area contributed by atoms with Crippen LogP contribution in [0.3, 0.4) is 0 Å². The lowest BCUT2D eigenvalue weighted by atomic mass is 9.59. The quantitative estimate of drug-likeness (QED) is 0.680. The Balaban J connectivity index is 2.32. The molecule has 1 aliphatic heterocycles. The molecule has 11 heteroatoms. The molecule has 0 atom stereocenters. The maximum Gasteiger partial charge on any atom is 0.332 e. The van der Waals surface area contributed by atoms with Gasteiger partial charge in [0.15, 0.2) is 5.96 Å². The highest BCUT2D eigenvalue weighted by Crippen LogP contribution is 2.36. The van der Waals surface area contributed by atoms with Crippen molar-refractivity contribution in [3.63, 3.8) is 0 Å². The summed E-state index contributed by atoms with van der Waals surface area (Å²) >= 11 is 1.28. The van der Waals surface area contributed by atoms with Gasteiger partial charge in [-0.15, -0.1) is 11.3 Å². The summed E-state index contributed by atoms with van der Waals surface area (Å²) in [5.74, 6) is 0.600. The van der Waals surface area contributed by atoms with Gasteiger partial charge in [-0.05, 0) is 31.7 Å². The summed E-state index contributed by atoms with van der Waals surface area (Å²) in [5, 5.41) is 2.25. The number of hydrogen-bond donors (Lipinski definition) is 1. The van der Waals surface area contributed by atoms with Gasteiger partial charge in [0.25, 0.3) is 5.56 Å². The molecule has 1 aliphatic rings. The molecule has 1 saturated heterocycles. The van der Waals surface area contributed by atoms with Gasteiger partial charge in [-0.25, -0.2) is 4.79 Å². The first-order valence-electron chi connectivity index (χ1n) is 9.50. The molecule has 152 valence electrons. The third-order valence-corrected chi connectivity index (χ3v) is 6.63. The van der Waals surface area contributed by atoms with E-state index >= 15 is 0 Å². The maximum atomic E-state index is 13.2. The van der Waals surface area contributed by atoms with Crippen LogP contribution in [0, 0.1) is 6.92 Å². The van der Waals surface area contributed by atoms with Gasteiger partial charge in [-0.2, -0.15) is 0 Å². The van der Waals surface area contributed by atoms with Crippen molar-refractivity contribution in [2.24, 2.45) is 4.99 Å². The average Bonchev–Trinajstić information content (AvgIpc) is 3.26. The summed E-state index contributed by atoms with van der Waals surface area (Å²) in [5.41, 5.74) is -0.00282. The summed E-state index contributed by atoms with van der Waals surface area (Å²) in [4.78, 5) is 33.4. The Labute approximate surface area is 176 Å². The summed E-state index contributed by atoms with van der Waals surface area (Å²) < 4.78 is 8.02. The lowest BCUT2D eigenvalue weighted by Crippen LogP contribution is -2.49. The van der Waals surface area contributed by atoms with Crippen LogP contribution in [0.4, 0.5) is 0 Å². The van der Waals surface area contributed by atoms with Crippen LogP contribution in [0.25, 0.3) is 10.2 Å². The SMILES string of the molecule is [B]C([B])(c1sc2c(c1C)c(=O)n(C(C)C)c(=O)n2CCOC)N1CCNC1=NC. The van der Waals surface area contributed by atoms with E-state index in [1.54, 1.807) is 23.6 Å². The maximum absolute atomic E-state index is 13.2. The largest absolute Gasteiger partial charge is 0.383 e. The van der Waals surface area contributed by atoms with Crippen LogP contribution in [-0.4, -0.2) is 69.5 Å². The van der Waals surface area contributed by atoms with E-state index in [0.29, 0.717) is 52.9 Å².